The van der Waals surface area contributed by atoms with Crippen LogP contribution in [-0.2, 0) is 4.74 Å². The number of amides is 2. The normalized spacial score (nSPS) is 32.8. The fourth-order valence-corrected chi connectivity index (χ4v) is 0.711. The van der Waals surface area contributed by atoms with Crippen molar-refractivity contribution in [1.82, 2.24) is 10.6 Å². The van der Waals surface area contributed by atoms with E-state index in [2.05, 4.69) is 10.6 Å². The van der Waals surface area contributed by atoms with Crippen LogP contribution in [0.5, 0.6) is 0 Å². The molecule has 62 valence electrons. The number of rotatable bonds is 2. The fraction of sp³-hybridized carbons (Fsp3) is 0.571. The molecule has 0 saturated heterocycles. The third-order valence-corrected chi connectivity index (χ3v) is 1.28. The number of ether oxygens (including phenoxy) is 1. The van der Waals surface area contributed by atoms with Crippen molar-refractivity contribution in [3.8, 4) is 0 Å². The molecular formula is C7H12N2O2. The van der Waals surface area contributed by atoms with Gasteiger partial charge in [0.05, 0.1) is 2.74 Å². The number of hydrogen-bond donors (Lipinski definition) is 2. The lowest BCUT2D eigenvalue weighted by Crippen LogP contribution is -2.46. The van der Waals surface area contributed by atoms with Crippen molar-refractivity contribution >= 4 is 6.03 Å². The van der Waals surface area contributed by atoms with Gasteiger partial charge < -0.3 is 15.4 Å². The van der Waals surface area contributed by atoms with Crippen LogP contribution in [0.3, 0.4) is 0 Å². The predicted octanol–water partition coefficient (Wildman–Crippen LogP) is 0.566. The Morgan fingerprint density at radius 3 is 3.55 bits per heavy atom. The Morgan fingerprint density at radius 1 is 2.00 bits per heavy atom. The monoisotopic (exact) mass is 161 g/mol. The minimum Gasteiger partial charge on any atom is -0.355 e. The van der Waals surface area contributed by atoms with Gasteiger partial charge in [0.25, 0.3) is 0 Å². The molecule has 4 nitrogen and oxygen atoms in total. The highest BCUT2D eigenvalue weighted by molar-refractivity contribution is 5.76. The standard InChI is InChI=1S/C7H12N2O2/c1-3-11-6-5(2)4-8-7(10)9-6/h4,6H,3H2,1-2H3,(H2,8,9,10)/i1D3,3D2. The zero-order valence-electron chi connectivity index (χ0n) is 11.0. The van der Waals surface area contributed by atoms with E-state index in [9.17, 15) is 4.79 Å². The molecule has 0 aliphatic carbocycles. The molecule has 0 saturated carbocycles. The topological polar surface area (TPSA) is 50.4 Å². The van der Waals surface area contributed by atoms with E-state index in [1.165, 1.54) is 6.20 Å². The average molecular weight is 161 g/mol. The number of urea groups is 1. The Hall–Kier alpha value is -1.03. The molecule has 0 radical (unpaired) electrons. The maximum absolute atomic E-state index is 10.9. The van der Waals surface area contributed by atoms with Gasteiger partial charge in [0.15, 0.2) is 6.23 Å². The summed E-state index contributed by atoms with van der Waals surface area (Å²) < 4.78 is 40.1. The van der Waals surface area contributed by atoms with E-state index in [1.54, 1.807) is 6.92 Å². The molecule has 11 heavy (non-hydrogen) atoms. The van der Waals surface area contributed by atoms with Crippen LogP contribution in [0.25, 0.3) is 0 Å². The van der Waals surface area contributed by atoms with Crippen LogP contribution in [-0.4, -0.2) is 18.8 Å². The molecule has 1 heterocycles. The predicted molar refractivity (Wildman–Crippen MR) is 40.8 cm³/mol. The molecule has 1 aliphatic rings. The molecule has 2 amide bonds. The van der Waals surface area contributed by atoms with Gasteiger partial charge >= 0.3 is 6.03 Å². The van der Waals surface area contributed by atoms with Crippen LogP contribution in [0.1, 0.15) is 20.6 Å². The number of nitrogens with one attached hydrogen (secondary N) is 2. The van der Waals surface area contributed by atoms with E-state index in [1.807, 2.05) is 0 Å². The summed E-state index contributed by atoms with van der Waals surface area (Å²) in [5, 5.41) is 4.59. The van der Waals surface area contributed by atoms with Crippen molar-refractivity contribution in [2.24, 2.45) is 0 Å². The van der Waals surface area contributed by atoms with Gasteiger partial charge in [0.2, 0.25) is 0 Å². The average Bonchev–Trinajstić information content (AvgIpc) is 2.09. The summed E-state index contributed by atoms with van der Waals surface area (Å²) in [6.45, 7) is -4.16. The molecule has 2 N–H and O–H groups in total. The second kappa shape index (κ2) is 3.39. The molecule has 1 unspecified atom stereocenters. The first-order chi connectivity index (χ1) is 7.13. The summed E-state index contributed by atoms with van der Waals surface area (Å²) in [6, 6.07) is -0.572. The van der Waals surface area contributed by atoms with Crippen LogP contribution in [0.15, 0.2) is 11.8 Å². The summed E-state index contributed by atoms with van der Waals surface area (Å²) >= 11 is 0. The summed E-state index contributed by atoms with van der Waals surface area (Å²) in [5.41, 5.74) is 0.479. The van der Waals surface area contributed by atoms with E-state index in [-0.39, 0.29) is 0 Å². The summed E-state index contributed by atoms with van der Waals surface area (Å²) in [4.78, 5) is 10.9. The van der Waals surface area contributed by atoms with Gasteiger partial charge in [-0.1, -0.05) is 0 Å². The van der Waals surface area contributed by atoms with Crippen LogP contribution < -0.4 is 10.6 Å². The first-order valence-electron chi connectivity index (χ1n) is 5.55. The van der Waals surface area contributed by atoms with Gasteiger partial charge in [0, 0.05) is 16.9 Å². The molecule has 0 spiro atoms. The van der Waals surface area contributed by atoms with Crippen molar-refractivity contribution in [1.29, 1.82) is 0 Å². The third kappa shape index (κ3) is 1.94. The zero-order valence-corrected chi connectivity index (χ0v) is 5.97. The second-order valence-corrected chi connectivity index (χ2v) is 2.11. The Balaban J connectivity index is 2.77. The van der Waals surface area contributed by atoms with Gasteiger partial charge in [-0.3, -0.25) is 0 Å². The minimum atomic E-state index is -2.91. The first kappa shape index (κ1) is 3.58. The van der Waals surface area contributed by atoms with Crippen LogP contribution in [0.4, 0.5) is 4.79 Å². The lowest BCUT2D eigenvalue weighted by Gasteiger charge is -2.23. The van der Waals surface area contributed by atoms with E-state index >= 15 is 0 Å². The summed E-state index contributed by atoms with van der Waals surface area (Å²) in [6.07, 6.45) is 0.253. The molecule has 0 fully saturated rings. The second-order valence-electron chi connectivity index (χ2n) is 2.11. The van der Waals surface area contributed by atoms with Crippen LogP contribution >= 0.6 is 0 Å². The van der Waals surface area contributed by atoms with Gasteiger partial charge in [-0.05, 0) is 19.3 Å². The molecule has 1 atom stereocenters. The molecule has 0 bridgehead atoms. The maximum Gasteiger partial charge on any atom is 0.321 e. The van der Waals surface area contributed by atoms with E-state index in [0.717, 1.165) is 0 Å². The van der Waals surface area contributed by atoms with Gasteiger partial charge in [-0.15, -0.1) is 0 Å². The molecule has 0 aromatic carbocycles. The lowest BCUT2D eigenvalue weighted by atomic mass is 10.2. The highest BCUT2D eigenvalue weighted by Gasteiger charge is 2.17. The van der Waals surface area contributed by atoms with E-state index in [4.69, 9.17) is 11.6 Å². The number of hydrogen-bond acceptors (Lipinski definition) is 2. The highest BCUT2D eigenvalue weighted by Crippen LogP contribution is 2.04. The molecule has 0 aromatic rings. The molecular weight excluding hydrogens is 144 g/mol. The minimum absolute atomic E-state index is 0.479. The first-order valence-corrected chi connectivity index (χ1v) is 3.05. The van der Waals surface area contributed by atoms with E-state index < -0.39 is 25.7 Å². The highest BCUT2D eigenvalue weighted by atomic mass is 16.5. The van der Waals surface area contributed by atoms with Crippen LogP contribution in [0.2, 0.25) is 0 Å². The quantitative estimate of drug-likeness (QED) is 0.622. The van der Waals surface area contributed by atoms with Crippen LogP contribution in [0, 0.1) is 0 Å². The molecule has 4 heteroatoms. The summed E-state index contributed by atoms with van der Waals surface area (Å²) in [5.74, 6) is 0. The number of carbonyl (C=O) groups excluding carboxylic acids is 1. The van der Waals surface area contributed by atoms with Crippen molar-refractivity contribution in [3.63, 3.8) is 0 Å². The van der Waals surface area contributed by atoms with Gasteiger partial charge in [-0.25, -0.2) is 4.79 Å². The maximum atomic E-state index is 10.9. The molecule has 1 rings (SSSR count). The lowest BCUT2D eigenvalue weighted by molar-refractivity contribution is 0.0680. The van der Waals surface area contributed by atoms with E-state index in [0.29, 0.717) is 5.57 Å². The van der Waals surface area contributed by atoms with Gasteiger partial charge in [0.1, 0.15) is 0 Å². The Morgan fingerprint density at radius 2 is 2.82 bits per heavy atom. The molecule has 0 aromatic heterocycles. The summed E-state index contributed by atoms with van der Waals surface area (Å²) in [7, 11) is 0. The zero-order chi connectivity index (χ0) is 12.6. The largest absolute Gasteiger partial charge is 0.355 e. The van der Waals surface area contributed by atoms with Crippen molar-refractivity contribution in [3.05, 3.63) is 11.8 Å². The smallest absolute Gasteiger partial charge is 0.321 e. The molecule has 1 aliphatic heterocycles. The SMILES string of the molecule is [2H]C([2H])([2H])C([2H])([2H])OC1NC(=O)NC=C1C. The fourth-order valence-electron chi connectivity index (χ4n) is 0.711. The van der Waals surface area contributed by atoms with Crippen molar-refractivity contribution < 1.29 is 16.4 Å². The Bertz CT molecular complexity index is 325. The Kier molecular flexibility index (Phi) is 1.10. The van der Waals surface area contributed by atoms with Gasteiger partial charge in [-0.2, -0.15) is 0 Å². The van der Waals surface area contributed by atoms with Crippen molar-refractivity contribution in [2.45, 2.75) is 20.0 Å². The third-order valence-electron chi connectivity index (χ3n) is 1.28. The number of carbonyl (C=O) groups is 1. The van der Waals surface area contributed by atoms with Crippen molar-refractivity contribution in [2.75, 3.05) is 6.56 Å². The Labute approximate surface area is 72.6 Å².